The predicted molar refractivity (Wildman–Crippen MR) is 89.9 cm³/mol. The SMILES string of the molecule is O=CNc1cc2cc(-c3c(Cl)c(F)c(C(F)F)c4[nH]ncc34)ccn2n1. The minimum Gasteiger partial charge on any atom is -0.312 e. The van der Waals surface area contributed by atoms with Crippen LogP contribution in [0, 0.1) is 5.82 Å². The summed E-state index contributed by atoms with van der Waals surface area (Å²) in [7, 11) is 0. The molecule has 0 saturated carbocycles. The number of nitrogens with zero attached hydrogens (tertiary/aromatic N) is 3. The molecule has 0 bridgehead atoms. The van der Waals surface area contributed by atoms with Gasteiger partial charge in [-0.3, -0.25) is 9.89 Å². The summed E-state index contributed by atoms with van der Waals surface area (Å²) in [5.41, 5.74) is 0.415. The van der Waals surface area contributed by atoms with Gasteiger partial charge in [-0.05, 0) is 17.7 Å². The highest BCUT2D eigenvalue weighted by Crippen LogP contribution is 2.42. The maximum atomic E-state index is 14.5. The molecule has 3 aromatic heterocycles. The minimum atomic E-state index is -3.04. The molecule has 2 N–H and O–H groups in total. The van der Waals surface area contributed by atoms with Gasteiger partial charge in [0, 0.05) is 23.2 Å². The van der Waals surface area contributed by atoms with Crippen molar-refractivity contribution in [3.8, 4) is 11.1 Å². The lowest BCUT2D eigenvalue weighted by atomic mass is 9.99. The van der Waals surface area contributed by atoms with E-state index >= 15 is 0 Å². The third kappa shape index (κ3) is 2.39. The number of benzene rings is 1. The van der Waals surface area contributed by atoms with Crippen molar-refractivity contribution in [2.45, 2.75) is 6.43 Å². The molecule has 0 fully saturated rings. The number of H-pyrrole nitrogens is 1. The summed E-state index contributed by atoms with van der Waals surface area (Å²) in [6.07, 6.45) is 0.357. The van der Waals surface area contributed by atoms with E-state index in [2.05, 4.69) is 20.6 Å². The second-order valence-electron chi connectivity index (χ2n) is 5.45. The van der Waals surface area contributed by atoms with Crippen molar-refractivity contribution in [3.63, 3.8) is 0 Å². The van der Waals surface area contributed by atoms with Crippen molar-refractivity contribution in [1.29, 1.82) is 0 Å². The summed E-state index contributed by atoms with van der Waals surface area (Å²) in [5, 5.41) is 12.6. The number of amides is 1. The van der Waals surface area contributed by atoms with Crippen molar-refractivity contribution >= 4 is 40.2 Å². The lowest BCUT2D eigenvalue weighted by Crippen LogP contribution is -1.97. The number of alkyl halides is 2. The quantitative estimate of drug-likeness (QED) is 0.522. The van der Waals surface area contributed by atoms with Crippen LogP contribution in [-0.2, 0) is 4.79 Å². The summed E-state index contributed by atoms with van der Waals surface area (Å²) >= 11 is 6.09. The topological polar surface area (TPSA) is 75.1 Å². The number of nitrogens with one attached hydrogen (secondary N) is 2. The fourth-order valence-electron chi connectivity index (χ4n) is 2.90. The first-order valence-corrected chi connectivity index (χ1v) is 7.71. The molecule has 26 heavy (non-hydrogen) atoms. The predicted octanol–water partition coefficient (Wildman–Crippen LogP) is 4.18. The molecule has 6 nitrogen and oxygen atoms in total. The number of hydrogen-bond donors (Lipinski definition) is 2. The number of pyridine rings is 1. The van der Waals surface area contributed by atoms with Crippen molar-refractivity contribution < 1.29 is 18.0 Å². The molecule has 0 aliphatic carbocycles. The maximum absolute atomic E-state index is 14.5. The summed E-state index contributed by atoms with van der Waals surface area (Å²) in [6, 6.07) is 4.86. The highest BCUT2D eigenvalue weighted by atomic mass is 35.5. The van der Waals surface area contributed by atoms with E-state index in [1.165, 1.54) is 10.7 Å². The zero-order valence-corrected chi connectivity index (χ0v) is 13.6. The van der Waals surface area contributed by atoms with Gasteiger partial charge >= 0.3 is 0 Å². The van der Waals surface area contributed by atoms with Gasteiger partial charge in [-0.15, -0.1) is 0 Å². The van der Waals surface area contributed by atoms with Crippen LogP contribution in [-0.4, -0.2) is 26.2 Å². The first-order valence-electron chi connectivity index (χ1n) is 7.33. The van der Waals surface area contributed by atoms with Crippen LogP contribution in [0.4, 0.5) is 19.0 Å². The largest absolute Gasteiger partial charge is 0.312 e. The van der Waals surface area contributed by atoms with Gasteiger partial charge in [-0.25, -0.2) is 17.7 Å². The fourth-order valence-corrected chi connectivity index (χ4v) is 3.22. The third-order valence-corrected chi connectivity index (χ3v) is 4.36. The van der Waals surface area contributed by atoms with Crippen LogP contribution < -0.4 is 5.32 Å². The van der Waals surface area contributed by atoms with E-state index in [-0.39, 0.29) is 16.5 Å². The lowest BCUT2D eigenvalue weighted by molar-refractivity contribution is -0.105. The molecule has 1 amide bonds. The number of carbonyl (C=O) groups is 1. The Hall–Kier alpha value is -3.07. The Labute approximate surface area is 148 Å². The molecule has 0 aliphatic rings. The second-order valence-corrected chi connectivity index (χ2v) is 5.83. The number of carbonyl (C=O) groups excluding carboxylic acids is 1. The van der Waals surface area contributed by atoms with Gasteiger partial charge in [0.1, 0.15) is 0 Å². The van der Waals surface area contributed by atoms with E-state index in [0.29, 0.717) is 23.3 Å². The molecular weight excluding hydrogens is 371 g/mol. The van der Waals surface area contributed by atoms with Crippen LogP contribution in [0.2, 0.25) is 5.02 Å². The number of rotatable bonds is 4. The lowest BCUT2D eigenvalue weighted by Gasteiger charge is -2.12. The number of fused-ring (bicyclic) bond motifs is 2. The minimum absolute atomic E-state index is 0.103. The Morgan fingerprint density at radius 1 is 1.35 bits per heavy atom. The molecule has 10 heteroatoms. The van der Waals surface area contributed by atoms with Crippen LogP contribution in [0.1, 0.15) is 12.0 Å². The van der Waals surface area contributed by atoms with E-state index in [1.54, 1.807) is 24.4 Å². The van der Waals surface area contributed by atoms with Gasteiger partial charge in [0.05, 0.1) is 27.8 Å². The zero-order chi connectivity index (χ0) is 18.4. The number of anilines is 1. The van der Waals surface area contributed by atoms with Crippen molar-refractivity contribution in [2.24, 2.45) is 0 Å². The molecule has 0 aliphatic heterocycles. The summed E-state index contributed by atoms with van der Waals surface area (Å²) in [4.78, 5) is 10.5. The Kier molecular flexibility index (Phi) is 3.80. The number of aromatic amines is 1. The van der Waals surface area contributed by atoms with Gasteiger partial charge in [-0.1, -0.05) is 11.6 Å². The fraction of sp³-hybridized carbons (Fsp3) is 0.0625. The van der Waals surface area contributed by atoms with Crippen molar-refractivity contribution in [1.82, 2.24) is 19.8 Å². The van der Waals surface area contributed by atoms with E-state index in [4.69, 9.17) is 11.6 Å². The van der Waals surface area contributed by atoms with E-state index < -0.39 is 22.8 Å². The Morgan fingerprint density at radius 2 is 2.15 bits per heavy atom. The zero-order valence-electron chi connectivity index (χ0n) is 12.8. The monoisotopic (exact) mass is 379 g/mol. The first kappa shape index (κ1) is 16.4. The Balaban J connectivity index is 1.98. The average Bonchev–Trinajstić information content (AvgIpc) is 3.21. The summed E-state index contributed by atoms with van der Waals surface area (Å²) in [5.74, 6) is -0.860. The molecule has 0 atom stereocenters. The number of halogens is 4. The summed E-state index contributed by atoms with van der Waals surface area (Å²) in [6.45, 7) is 0. The molecule has 0 spiro atoms. The van der Waals surface area contributed by atoms with E-state index in [0.717, 1.165) is 0 Å². The maximum Gasteiger partial charge on any atom is 0.268 e. The normalized spacial score (nSPS) is 11.6. The first-order chi connectivity index (χ1) is 12.5. The molecule has 1 aromatic carbocycles. The Bertz CT molecular complexity index is 1150. The van der Waals surface area contributed by atoms with Gasteiger partial charge in [0.25, 0.3) is 6.43 Å². The van der Waals surface area contributed by atoms with E-state index in [9.17, 15) is 18.0 Å². The molecule has 0 unspecified atom stereocenters. The highest BCUT2D eigenvalue weighted by molar-refractivity contribution is 6.35. The average molecular weight is 380 g/mol. The van der Waals surface area contributed by atoms with E-state index in [1.807, 2.05) is 0 Å². The number of hydrogen-bond acceptors (Lipinski definition) is 3. The van der Waals surface area contributed by atoms with Crippen LogP contribution >= 0.6 is 11.6 Å². The molecule has 0 radical (unpaired) electrons. The highest BCUT2D eigenvalue weighted by Gasteiger charge is 2.26. The smallest absolute Gasteiger partial charge is 0.268 e. The van der Waals surface area contributed by atoms with Crippen molar-refractivity contribution in [2.75, 3.05) is 5.32 Å². The second kappa shape index (κ2) is 6.03. The molecule has 132 valence electrons. The van der Waals surface area contributed by atoms with Crippen LogP contribution in [0.5, 0.6) is 0 Å². The van der Waals surface area contributed by atoms with Crippen LogP contribution in [0.3, 0.4) is 0 Å². The molecule has 4 rings (SSSR count). The van der Waals surface area contributed by atoms with Gasteiger partial charge in [0.2, 0.25) is 6.41 Å². The van der Waals surface area contributed by atoms with Gasteiger partial charge in [0.15, 0.2) is 11.6 Å². The summed E-state index contributed by atoms with van der Waals surface area (Å²) < 4.78 is 42.5. The number of aromatic nitrogens is 4. The molecule has 0 saturated heterocycles. The molecule has 4 aromatic rings. The van der Waals surface area contributed by atoms with Gasteiger partial charge in [-0.2, -0.15) is 10.2 Å². The van der Waals surface area contributed by atoms with Crippen molar-refractivity contribution in [3.05, 3.63) is 47.0 Å². The molecule has 3 heterocycles. The standard InChI is InChI=1S/C16H9ClF3N5O/c17-13-11(9-5-22-23-15(9)12(14(13)18)16(19)20)7-1-2-25-8(3-7)4-10(24-25)21-6-26/h1-6,16H,(H,22,23)(H,21,24,26). The van der Waals surface area contributed by atoms with Gasteiger partial charge < -0.3 is 5.32 Å². The van der Waals surface area contributed by atoms with Crippen LogP contribution in [0.25, 0.3) is 27.5 Å². The van der Waals surface area contributed by atoms with Crippen LogP contribution in [0.15, 0.2) is 30.6 Å². The Morgan fingerprint density at radius 3 is 2.88 bits per heavy atom. The molecular formula is C16H9ClF3N5O. The third-order valence-electron chi connectivity index (χ3n) is 4.00.